The summed E-state index contributed by atoms with van der Waals surface area (Å²) >= 11 is 1.11. The lowest BCUT2D eigenvalue weighted by atomic mass is 10.3. The molecule has 0 bridgehead atoms. The van der Waals surface area contributed by atoms with Crippen molar-refractivity contribution in [2.75, 3.05) is 11.5 Å². The molecule has 2 N–H and O–H groups in total. The van der Waals surface area contributed by atoms with Crippen molar-refractivity contribution in [3.8, 4) is 0 Å². The fourth-order valence-electron chi connectivity index (χ4n) is 0.650. The molecule has 1 atom stereocenters. The van der Waals surface area contributed by atoms with E-state index < -0.39 is 5.97 Å². The van der Waals surface area contributed by atoms with Gasteiger partial charge in [0.15, 0.2) is 0 Å². The van der Waals surface area contributed by atoms with Crippen LogP contribution in [0.3, 0.4) is 0 Å². The fourth-order valence-corrected chi connectivity index (χ4v) is 1.20. The first-order chi connectivity index (χ1) is 6.06. The summed E-state index contributed by atoms with van der Waals surface area (Å²) in [6.45, 7) is 3.90. The Balaban J connectivity index is 3.46. The smallest absolute Gasteiger partial charge is 0.313 e. The summed E-state index contributed by atoms with van der Waals surface area (Å²) in [4.78, 5) is 21.2. The first kappa shape index (κ1) is 12.3. The lowest BCUT2D eigenvalue weighted by Gasteiger charge is -2.10. The van der Waals surface area contributed by atoms with Crippen LogP contribution in [0.25, 0.3) is 0 Å². The lowest BCUT2D eigenvalue weighted by Crippen LogP contribution is -2.33. The minimum absolute atomic E-state index is 0.0199. The van der Waals surface area contributed by atoms with E-state index in [4.69, 9.17) is 5.11 Å². The molecule has 76 valence electrons. The number of thioether (sulfide) groups is 1. The molecule has 0 aromatic carbocycles. The van der Waals surface area contributed by atoms with E-state index in [1.807, 2.05) is 13.8 Å². The normalized spacial score (nSPS) is 12.2. The van der Waals surface area contributed by atoms with E-state index in [9.17, 15) is 9.59 Å². The summed E-state index contributed by atoms with van der Waals surface area (Å²) in [5.41, 5.74) is 0. The van der Waals surface area contributed by atoms with Crippen LogP contribution in [0.5, 0.6) is 0 Å². The average molecular weight is 205 g/mol. The highest BCUT2D eigenvalue weighted by Gasteiger charge is 2.06. The van der Waals surface area contributed by atoms with Crippen molar-refractivity contribution in [3.63, 3.8) is 0 Å². The third kappa shape index (κ3) is 7.64. The molecule has 13 heavy (non-hydrogen) atoms. The van der Waals surface area contributed by atoms with Crippen LogP contribution in [0.4, 0.5) is 0 Å². The van der Waals surface area contributed by atoms with Crippen molar-refractivity contribution in [1.29, 1.82) is 0 Å². The van der Waals surface area contributed by atoms with Gasteiger partial charge < -0.3 is 10.4 Å². The van der Waals surface area contributed by atoms with E-state index in [1.165, 1.54) is 0 Å². The van der Waals surface area contributed by atoms with Gasteiger partial charge in [0.05, 0.1) is 11.5 Å². The molecule has 0 aliphatic carbocycles. The van der Waals surface area contributed by atoms with E-state index in [-0.39, 0.29) is 23.5 Å². The van der Waals surface area contributed by atoms with Crippen molar-refractivity contribution in [2.45, 2.75) is 26.3 Å². The first-order valence-corrected chi connectivity index (χ1v) is 5.30. The monoisotopic (exact) mass is 205 g/mol. The summed E-state index contributed by atoms with van der Waals surface area (Å²) in [6.07, 6.45) is 0.884. The van der Waals surface area contributed by atoms with Crippen LogP contribution in [-0.2, 0) is 9.59 Å². The first-order valence-electron chi connectivity index (χ1n) is 4.15. The SMILES string of the molecule is CCC(C)NC(=O)CSCC(=O)O. The zero-order valence-electron chi connectivity index (χ0n) is 7.87. The van der Waals surface area contributed by atoms with E-state index in [2.05, 4.69) is 5.32 Å². The van der Waals surface area contributed by atoms with E-state index in [0.717, 1.165) is 18.2 Å². The van der Waals surface area contributed by atoms with Gasteiger partial charge in [-0.15, -0.1) is 11.8 Å². The Morgan fingerprint density at radius 1 is 1.46 bits per heavy atom. The Kier molecular flexibility index (Phi) is 6.40. The molecule has 0 radical (unpaired) electrons. The largest absolute Gasteiger partial charge is 0.481 e. The molecular formula is C8H15NO3S. The standard InChI is InChI=1S/C8H15NO3S/c1-3-6(2)9-7(10)4-13-5-8(11)12/h6H,3-5H2,1-2H3,(H,9,10)(H,11,12). The van der Waals surface area contributed by atoms with Gasteiger partial charge in [-0.1, -0.05) is 6.92 Å². The summed E-state index contributed by atoms with van der Waals surface area (Å²) in [5.74, 6) is -0.785. The molecule has 0 spiro atoms. The lowest BCUT2D eigenvalue weighted by molar-refractivity contribution is -0.133. The number of nitrogens with one attached hydrogen (secondary N) is 1. The summed E-state index contributed by atoms with van der Waals surface area (Å²) in [5, 5.41) is 11.1. The van der Waals surface area contributed by atoms with Gasteiger partial charge in [0.2, 0.25) is 5.91 Å². The summed E-state index contributed by atoms with van der Waals surface area (Å²) < 4.78 is 0. The predicted octanol–water partition coefficient (Wildman–Crippen LogP) is 0.719. The molecule has 5 heteroatoms. The molecule has 1 amide bonds. The number of carboxylic acids is 1. The van der Waals surface area contributed by atoms with Gasteiger partial charge in [0.1, 0.15) is 0 Å². The molecular weight excluding hydrogens is 190 g/mol. The molecule has 0 saturated carbocycles. The van der Waals surface area contributed by atoms with Crippen molar-refractivity contribution in [2.24, 2.45) is 0 Å². The highest BCUT2D eigenvalue weighted by Crippen LogP contribution is 1.99. The van der Waals surface area contributed by atoms with Gasteiger partial charge in [-0.25, -0.2) is 0 Å². The highest BCUT2D eigenvalue weighted by molar-refractivity contribution is 8.00. The third-order valence-electron chi connectivity index (χ3n) is 1.48. The molecule has 0 rings (SSSR count). The van der Waals surface area contributed by atoms with Crippen molar-refractivity contribution in [1.82, 2.24) is 5.32 Å². The van der Waals surface area contributed by atoms with Gasteiger partial charge in [-0.3, -0.25) is 9.59 Å². The highest BCUT2D eigenvalue weighted by atomic mass is 32.2. The number of amides is 1. The molecule has 0 aromatic heterocycles. The number of carboxylic acid groups (broad SMARTS) is 1. The second-order valence-corrected chi connectivity index (χ2v) is 3.75. The number of hydrogen-bond acceptors (Lipinski definition) is 3. The minimum Gasteiger partial charge on any atom is -0.481 e. The third-order valence-corrected chi connectivity index (χ3v) is 2.40. The number of carbonyl (C=O) groups is 2. The molecule has 0 fully saturated rings. The summed E-state index contributed by atoms with van der Waals surface area (Å²) in [6, 6.07) is 0.165. The molecule has 0 aliphatic rings. The van der Waals surface area contributed by atoms with Gasteiger partial charge in [0, 0.05) is 6.04 Å². The van der Waals surface area contributed by atoms with E-state index in [1.54, 1.807) is 0 Å². The molecule has 0 aliphatic heterocycles. The maximum absolute atomic E-state index is 11.1. The Hall–Kier alpha value is -0.710. The quantitative estimate of drug-likeness (QED) is 0.670. The molecule has 1 unspecified atom stereocenters. The van der Waals surface area contributed by atoms with E-state index >= 15 is 0 Å². The van der Waals surface area contributed by atoms with Gasteiger partial charge >= 0.3 is 5.97 Å². The van der Waals surface area contributed by atoms with Gasteiger partial charge in [0.25, 0.3) is 0 Å². The Bertz CT molecular complexity index is 184. The molecule has 0 heterocycles. The molecule has 0 aromatic rings. The zero-order chi connectivity index (χ0) is 10.3. The topological polar surface area (TPSA) is 66.4 Å². The maximum Gasteiger partial charge on any atom is 0.313 e. The second-order valence-electron chi connectivity index (χ2n) is 2.76. The van der Waals surface area contributed by atoms with Crippen molar-refractivity contribution < 1.29 is 14.7 Å². The van der Waals surface area contributed by atoms with Crippen LogP contribution in [0.15, 0.2) is 0 Å². The average Bonchev–Trinajstić information content (AvgIpc) is 2.03. The van der Waals surface area contributed by atoms with Crippen LogP contribution in [0, 0.1) is 0 Å². The number of rotatable bonds is 6. The Labute approximate surface area is 82.1 Å². The van der Waals surface area contributed by atoms with Crippen LogP contribution >= 0.6 is 11.8 Å². The second kappa shape index (κ2) is 6.77. The van der Waals surface area contributed by atoms with Crippen LogP contribution in [0.1, 0.15) is 20.3 Å². The minimum atomic E-state index is -0.888. The number of carbonyl (C=O) groups excluding carboxylic acids is 1. The van der Waals surface area contributed by atoms with Gasteiger partial charge in [-0.05, 0) is 13.3 Å². The predicted molar refractivity (Wildman–Crippen MR) is 52.9 cm³/mol. The van der Waals surface area contributed by atoms with Crippen molar-refractivity contribution in [3.05, 3.63) is 0 Å². The number of hydrogen-bond donors (Lipinski definition) is 2. The maximum atomic E-state index is 11.1. The van der Waals surface area contributed by atoms with Gasteiger partial charge in [-0.2, -0.15) is 0 Å². The number of aliphatic carboxylic acids is 1. The zero-order valence-corrected chi connectivity index (χ0v) is 8.69. The van der Waals surface area contributed by atoms with Crippen LogP contribution in [0.2, 0.25) is 0 Å². The van der Waals surface area contributed by atoms with E-state index in [0.29, 0.717) is 0 Å². The molecule has 4 nitrogen and oxygen atoms in total. The summed E-state index contributed by atoms with van der Waals surface area (Å²) in [7, 11) is 0. The van der Waals surface area contributed by atoms with Crippen LogP contribution < -0.4 is 5.32 Å². The molecule has 0 saturated heterocycles. The van der Waals surface area contributed by atoms with Crippen LogP contribution in [-0.4, -0.2) is 34.5 Å². The Morgan fingerprint density at radius 2 is 2.08 bits per heavy atom. The fraction of sp³-hybridized carbons (Fsp3) is 0.750. The van der Waals surface area contributed by atoms with Crippen molar-refractivity contribution >= 4 is 23.6 Å². The Morgan fingerprint density at radius 3 is 2.54 bits per heavy atom.